The van der Waals surface area contributed by atoms with Gasteiger partial charge in [0.05, 0.1) is 6.61 Å². The predicted octanol–water partition coefficient (Wildman–Crippen LogP) is 4.38. The van der Waals surface area contributed by atoms with E-state index in [2.05, 4.69) is 44.8 Å². The summed E-state index contributed by atoms with van der Waals surface area (Å²) >= 11 is 1.80. The molecule has 2 aromatic carbocycles. The molecule has 5 rings (SSSR count). The van der Waals surface area contributed by atoms with E-state index in [1.165, 1.54) is 15.8 Å². The molecule has 0 amide bonds. The molecule has 1 fully saturated rings. The maximum Gasteiger partial charge on any atom is 0.255 e. The molecule has 6 heteroatoms. The molecule has 4 aromatic rings. The predicted molar refractivity (Wildman–Crippen MR) is 125 cm³/mol. The minimum atomic E-state index is -0.0652. The average Bonchev–Trinajstić information content (AvgIpc) is 3.26. The number of H-pyrrole nitrogens is 1. The number of piperazine rings is 1. The van der Waals surface area contributed by atoms with E-state index in [4.69, 9.17) is 4.74 Å². The van der Waals surface area contributed by atoms with Crippen molar-refractivity contribution in [2.75, 3.05) is 31.1 Å². The van der Waals surface area contributed by atoms with Crippen LogP contribution in [-0.4, -0.2) is 37.3 Å². The number of thiophene rings is 1. The third-order valence-corrected chi connectivity index (χ3v) is 6.71. The van der Waals surface area contributed by atoms with Gasteiger partial charge in [-0.25, -0.2) is 0 Å². The fourth-order valence-electron chi connectivity index (χ4n) is 4.33. The van der Waals surface area contributed by atoms with Crippen molar-refractivity contribution in [3.63, 3.8) is 0 Å². The van der Waals surface area contributed by atoms with Gasteiger partial charge in [0, 0.05) is 53.0 Å². The summed E-state index contributed by atoms with van der Waals surface area (Å²) in [6.45, 7) is 3.71. The second kappa shape index (κ2) is 8.50. The summed E-state index contributed by atoms with van der Waals surface area (Å²) in [6, 6.07) is 16.9. The second-order valence-electron chi connectivity index (χ2n) is 7.71. The van der Waals surface area contributed by atoms with Gasteiger partial charge >= 0.3 is 0 Å². The number of hydrogen-bond acceptors (Lipinski definition) is 5. The Morgan fingerprint density at radius 2 is 2.10 bits per heavy atom. The van der Waals surface area contributed by atoms with Crippen LogP contribution in [0.5, 0.6) is 5.75 Å². The smallest absolute Gasteiger partial charge is 0.255 e. The number of hydrogen-bond donors (Lipinski definition) is 2. The molecule has 0 bridgehead atoms. The molecule has 1 aliphatic rings. The van der Waals surface area contributed by atoms with Gasteiger partial charge < -0.3 is 19.9 Å². The van der Waals surface area contributed by atoms with Crippen molar-refractivity contribution in [3.05, 3.63) is 70.5 Å². The SMILES string of the molecule is O=c1[nH]ccc2cc(OCCCC3CNCCN3c3cccc4sccc34)ccc12. The molecule has 1 saturated heterocycles. The molecule has 2 N–H and O–H groups in total. The zero-order valence-electron chi connectivity index (χ0n) is 16.8. The Balaban J connectivity index is 1.23. The van der Waals surface area contributed by atoms with Crippen LogP contribution in [0.25, 0.3) is 20.9 Å². The van der Waals surface area contributed by atoms with Crippen LogP contribution in [0.3, 0.4) is 0 Å². The Labute approximate surface area is 179 Å². The van der Waals surface area contributed by atoms with E-state index in [9.17, 15) is 4.79 Å². The molecule has 0 radical (unpaired) electrons. The number of rotatable bonds is 6. The maximum atomic E-state index is 11.8. The largest absolute Gasteiger partial charge is 0.494 e. The maximum absolute atomic E-state index is 11.8. The van der Waals surface area contributed by atoms with Crippen LogP contribution < -0.4 is 20.5 Å². The summed E-state index contributed by atoms with van der Waals surface area (Å²) in [5.74, 6) is 0.815. The zero-order chi connectivity index (χ0) is 20.3. The summed E-state index contributed by atoms with van der Waals surface area (Å²) in [5, 5.41) is 8.68. The minimum absolute atomic E-state index is 0.0652. The normalized spacial score (nSPS) is 16.9. The van der Waals surface area contributed by atoms with Crippen molar-refractivity contribution in [1.29, 1.82) is 0 Å². The summed E-state index contributed by atoms with van der Waals surface area (Å²) < 4.78 is 7.34. The van der Waals surface area contributed by atoms with Crippen LogP contribution in [0.15, 0.2) is 64.9 Å². The molecule has 1 atom stereocenters. The van der Waals surface area contributed by atoms with Crippen molar-refractivity contribution in [1.82, 2.24) is 10.3 Å². The standard InChI is InChI=1S/C24H25N3O2S/c28-24-20-7-6-19(15-17(20)8-10-26-24)29-13-2-3-18-16-25-11-12-27(18)22-4-1-5-23-21(22)9-14-30-23/h1,4-10,14-15,18,25H,2-3,11-13,16H2,(H,26,28). The van der Waals surface area contributed by atoms with E-state index in [1.807, 2.05) is 24.3 Å². The molecule has 3 heterocycles. The van der Waals surface area contributed by atoms with E-state index in [-0.39, 0.29) is 5.56 Å². The summed E-state index contributed by atoms with van der Waals surface area (Å²) in [7, 11) is 0. The number of ether oxygens (including phenoxy) is 1. The second-order valence-corrected chi connectivity index (χ2v) is 8.66. The Bertz CT molecular complexity index is 1220. The Hall–Kier alpha value is -2.83. The molecular weight excluding hydrogens is 394 g/mol. The van der Waals surface area contributed by atoms with E-state index in [0.29, 0.717) is 18.0 Å². The molecular formula is C24H25N3O2S. The van der Waals surface area contributed by atoms with Crippen LogP contribution in [0.1, 0.15) is 12.8 Å². The van der Waals surface area contributed by atoms with Crippen molar-refractivity contribution < 1.29 is 4.74 Å². The lowest BCUT2D eigenvalue weighted by Crippen LogP contribution is -2.51. The van der Waals surface area contributed by atoms with Gasteiger partial charge in [0.1, 0.15) is 5.75 Å². The van der Waals surface area contributed by atoms with E-state index >= 15 is 0 Å². The lowest BCUT2D eigenvalue weighted by Gasteiger charge is -2.38. The lowest BCUT2D eigenvalue weighted by atomic mass is 10.1. The number of fused-ring (bicyclic) bond motifs is 2. The number of nitrogens with one attached hydrogen (secondary N) is 2. The highest BCUT2D eigenvalue weighted by Gasteiger charge is 2.23. The fraction of sp³-hybridized carbons (Fsp3) is 0.292. The van der Waals surface area contributed by atoms with E-state index in [1.54, 1.807) is 17.5 Å². The first-order valence-corrected chi connectivity index (χ1v) is 11.4. The quantitative estimate of drug-likeness (QED) is 0.456. The van der Waals surface area contributed by atoms with Gasteiger partial charge in [0.15, 0.2) is 0 Å². The van der Waals surface area contributed by atoms with Crippen LogP contribution in [0.4, 0.5) is 5.69 Å². The molecule has 1 aliphatic heterocycles. The van der Waals surface area contributed by atoms with Crippen molar-refractivity contribution in [3.8, 4) is 5.75 Å². The Morgan fingerprint density at radius 1 is 1.13 bits per heavy atom. The van der Waals surface area contributed by atoms with Crippen molar-refractivity contribution in [2.24, 2.45) is 0 Å². The molecule has 30 heavy (non-hydrogen) atoms. The van der Waals surface area contributed by atoms with Crippen LogP contribution in [0.2, 0.25) is 0 Å². The average molecular weight is 420 g/mol. The van der Waals surface area contributed by atoms with Gasteiger partial charge in [0.25, 0.3) is 5.56 Å². The number of anilines is 1. The molecule has 5 nitrogen and oxygen atoms in total. The number of benzene rings is 2. The number of aromatic amines is 1. The summed E-state index contributed by atoms with van der Waals surface area (Å²) in [4.78, 5) is 17.1. The van der Waals surface area contributed by atoms with Crippen LogP contribution >= 0.6 is 11.3 Å². The molecule has 0 saturated carbocycles. The first kappa shape index (κ1) is 19.2. The zero-order valence-corrected chi connectivity index (χ0v) is 17.6. The van der Waals surface area contributed by atoms with E-state index < -0.39 is 0 Å². The molecule has 2 aromatic heterocycles. The monoisotopic (exact) mass is 419 g/mol. The van der Waals surface area contributed by atoms with Gasteiger partial charge in [-0.3, -0.25) is 4.79 Å². The molecule has 0 aliphatic carbocycles. The van der Waals surface area contributed by atoms with Gasteiger partial charge in [-0.05, 0) is 66.1 Å². The first-order valence-electron chi connectivity index (χ1n) is 10.5. The highest BCUT2D eigenvalue weighted by Crippen LogP contribution is 2.32. The number of nitrogens with zero attached hydrogens (tertiary/aromatic N) is 1. The van der Waals surface area contributed by atoms with Crippen molar-refractivity contribution in [2.45, 2.75) is 18.9 Å². The Kier molecular flexibility index (Phi) is 5.43. The van der Waals surface area contributed by atoms with E-state index in [0.717, 1.165) is 43.6 Å². The molecule has 154 valence electrons. The summed E-state index contributed by atoms with van der Waals surface area (Å²) in [6.07, 6.45) is 3.73. The van der Waals surface area contributed by atoms with Crippen molar-refractivity contribution >= 4 is 37.9 Å². The highest BCUT2D eigenvalue weighted by atomic mass is 32.1. The lowest BCUT2D eigenvalue weighted by molar-refractivity contribution is 0.296. The van der Waals surface area contributed by atoms with Gasteiger partial charge in [-0.1, -0.05) is 6.07 Å². The highest BCUT2D eigenvalue weighted by molar-refractivity contribution is 7.17. The fourth-order valence-corrected chi connectivity index (χ4v) is 5.14. The topological polar surface area (TPSA) is 57.4 Å². The third kappa shape index (κ3) is 3.80. The minimum Gasteiger partial charge on any atom is -0.494 e. The molecule has 0 spiro atoms. The van der Waals surface area contributed by atoms with Gasteiger partial charge in [-0.2, -0.15) is 0 Å². The van der Waals surface area contributed by atoms with Crippen LogP contribution in [0, 0.1) is 0 Å². The number of aromatic nitrogens is 1. The van der Waals surface area contributed by atoms with Gasteiger partial charge in [0.2, 0.25) is 0 Å². The first-order chi connectivity index (χ1) is 14.8. The summed E-state index contributed by atoms with van der Waals surface area (Å²) in [5.41, 5.74) is 1.28. The third-order valence-electron chi connectivity index (χ3n) is 5.83. The van der Waals surface area contributed by atoms with Crippen LogP contribution in [-0.2, 0) is 0 Å². The number of pyridine rings is 1. The molecule has 1 unspecified atom stereocenters. The Morgan fingerprint density at radius 3 is 3.07 bits per heavy atom. The van der Waals surface area contributed by atoms with Gasteiger partial charge in [-0.15, -0.1) is 11.3 Å².